The van der Waals surface area contributed by atoms with Gasteiger partial charge in [-0.3, -0.25) is 0 Å². The van der Waals surface area contributed by atoms with Crippen molar-refractivity contribution >= 4 is 41.0 Å². The fourth-order valence-electron chi connectivity index (χ4n) is 5.22. The van der Waals surface area contributed by atoms with Crippen molar-refractivity contribution in [2.45, 2.75) is 40.9 Å². The largest absolute Gasteiger partial charge is 0.508 e. The zero-order chi connectivity index (χ0) is 34.6. The molecular formula is C42H41NO6. The highest BCUT2D eigenvalue weighted by Gasteiger charge is 2.14. The van der Waals surface area contributed by atoms with Gasteiger partial charge in [-0.15, -0.1) is 0 Å². The number of rotatable bonds is 12. The van der Waals surface area contributed by atoms with Crippen molar-refractivity contribution in [2.75, 3.05) is 18.1 Å². The summed E-state index contributed by atoms with van der Waals surface area (Å²) in [6.07, 6.45) is 0.838. The predicted octanol–water partition coefficient (Wildman–Crippen LogP) is 10.7. The lowest BCUT2D eigenvalue weighted by Crippen LogP contribution is -2.11. The minimum Gasteiger partial charge on any atom is -0.435 e. The van der Waals surface area contributed by atoms with Crippen LogP contribution in [0.25, 0.3) is 11.6 Å². The molecule has 0 spiro atoms. The number of anilines is 3. The summed E-state index contributed by atoms with van der Waals surface area (Å²) in [4.78, 5) is 25.5. The molecule has 0 bridgehead atoms. The Hall–Kier alpha value is -5.82. The second-order valence-corrected chi connectivity index (χ2v) is 11.5. The van der Waals surface area contributed by atoms with Crippen LogP contribution in [0.3, 0.4) is 0 Å². The van der Waals surface area contributed by atoms with E-state index in [2.05, 4.69) is 97.6 Å². The Morgan fingerprint density at radius 2 is 0.878 bits per heavy atom. The van der Waals surface area contributed by atoms with Crippen LogP contribution in [-0.4, -0.2) is 25.5 Å². The second kappa shape index (κ2) is 16.8. The predicted molar refractivity (Wildman–Crippen MR) is 194 cm³/mol. The molecule has 0 unspecified atom stereocenters. The number of carbonyl (C=O) groups is 2. The zero-order valence-corrected chi connectivity index (χ0v) is 28.3. The Balaban J connectivity index is 1.46. The zero-order valence-electron chi connectivity index (χ0n) is 28.3. The number of hydrogen-bond donors (Lipinski definition) is 0. The van der Waals surface area contributed by atoms with Gasteiger partial charge >= 0.3 is 12.3 Å². The second-order valence-electron chi connectivity index (χ2n) is 11.5. The van der Waals surface area contributed by atoms with Crippen LogP contribution in [0.15, 0.2) is 121 Å². The number of benzene rings is 5. The molecule has 0 aliphatic heterocycles. The molecule has 7 nitrogen and oxygen atoms in total. The van der Waals surface area contributed by atoms with Crippen LogP contribution >= 0.6 is 0 Å². The Bertz CT molecular complexity index is 1730. The third-order valence-electron chi connectivity index (χ3n) is 7.81. The van der Waals surface area contributed by atoms with E-state index < -0.39 is 12.3 Å². The normalized spacial score (nSPS) is 10.5. The highest BCUT2D eigenvalue weighted by atomic mass is 16.7. The number of aryl methyl sites for hydroxylation is 2. The molecule has 5 aromatic rings. The maximum absolute atomic E-state index is 11.7. The number of hydrogen-bond acceptors (Lipinski definition) is 7. The van der Waals surface area contributed by atoms with E-state index in [4.69, 9.17) is 18.9 Å². The van der Waals surface area contributed by atoms with Gasteiger partial charge < -0.3 is 23.8 Å². The van der Waals surface area contributed by atoms with Crippen molar-refractivity contribution in [3.63, 3.8) is 0 Å². The number of ether oxygens (including phenoxy) is 4. The minimum absolute atomic E-state index is 0.111. The maximum Gasteiger partial charge on any atom is 0.508 e. The first kappa shape index (κ1) is 34.5. The summed E-state index contributed by atoms with van der Waals surface area (Å²) < 4.78 is 20.2. The van der Waals surface area contributed by atoms with E-state index >= 15 is 0 Å². The highest BCUT2D eigenvalue weighted by Crippen LogP contribution is 2.36. The fourth-order valence-corrected chi connectivity index (χ4v) is 5.22. The molecule has 49 heavy (non-hydrogen) atoms. The number of carbonyl (C=O) groups excluding carboxylic acids is 2. The molecule has 0 aromatic heterocycles. The summed E-state index contributed by atoms with van der Waals surface area (Å²) in [7, 11) is 0. The minimum atomic E-state index is -0.692. The third kappa shape index (κ3) is 9.61. The first-order valence-electron chi connectivity index (χ1n) is 16.4. The molecule has 0 aliphatic carbocycles. The van der Waals surface area contributed by atoms with Crippen molar-refractivity contribution in [3.8, 4) is 0 Å². The van der Waals surface area contributed by atoms with Gasteiger partial charge in [0.1, 0.15) is 13.2 Å². The summed E-state index contributed by atoms with van der Waals surface area (Å²) in [5.41, 5.74) is 11.4. The van der Waals surface area contributed by atoms with Gasteiger partial charge in [-0.05, 0) is 104 Å². The molecule has 7 heteroatoms. The van der Waals surface area contributed by atoms with E-state index in [0.717, 1.165) is 50.5 Å². The van der Waals surface area contributed by atoms with Crippen LogP contribution < -0.4 is 4.90 Å². The van der Waals surface area contributed by atoms with Gasteiger partial charge in [-0.2, -0.15) is 0 Å². The molecular weight excluding hydrogens is 614 g/mol. The average Bonchev–Trinajstić information content (AvgIpc) is 3.12. The quantitative estimate of drug-likeness (QED) is 0.0978. The monoisotopic (exact) mass is 655 g/mol. The van der Waals surface area contributed by atoms with Crippen molar-refractivity contribution in [2.24, 2.45) is 0 Å². The van der Waals surface area contributed by atoms with E-state index in [1.807, 2.05) is 48.5 Å². The third-order valence-corrected chi connectivity index (χ3v) is 7.81. The van der Waals surface area contributed by atoms with Gasteiger partial charge in [-0.1, -0.05) is 96.1 Å². The molecule has 0 amide bonds. The van der Waals surface area contributed by atoms with E-state index in [-0.39, 0.29) is 26.4 Å². The summed E-state index contributed by atoms with van der Waals surface area (Å²) in [6.45, 7) is 8.40. The number of nitrogens with zero attached hydrogens (tertiary/aromatic N) is 1. The molecule has 5 rings (SSSR count). The Morgan fingerprint density at radius 3 is 1.24 bits per heavy atom. The molecule has 0 saturated carbocycles. The van der Waals surface area contributed by atoms with Crippen LogP contribution in [0.2, 0.25) is 0 Å². The van der Waals surface area contributed by atoms with Crippen LogP contribution in [0, 0.1) is 13.8 Å². The van der Waals surface area contributed by atoms with E-state index in [1.54, 1.807) is 13.8 Å². The van der Waals surface area contributed by atoms with Crippen LogP contribution in [-0.2, 0) is 32.2 Å². The SMILES string of the molecule is CCOC(=O)OCc1ccc(N(c2ccc(C=C(c3ccc(C)cc3)c3ccc(C)cc3)cc2)c2ccc(COC(=O)OCC)cc2)cc1. The van der Waals surface area contributed by atoms with Gasteiger partial charge in [0.2, 0.25) is 0 Å². The Morgan fingerprint density at radius 1 is 0.510 bits per heavy atom. The highest BCUT2D eigenvalue weighted by molar-refractivity contribution is 5.92. The van der Waals surface area contributed by atoms with Crippen molar-refractivity contribution in [3.05, 3.63) is 160 Å². The summed E-state index contributed by atoms with van der Waals surface area (Å²) in [5, 5.41) is 0. The summed E-state index contributed by atoms with van der Waals surface area (Å²) in [5.74, 6) is 0. The maximum atomic E-state index is 11.7. The standard InChI is InChI=1S/C42H41NO6/c1-5-46-41(44)48-28-33-13-23-38(24-14-33)43(39-25-15-34(16-26-39)29-49-42(45)47-6-2)37-21-11-32(12-22-37)27-40(35-17-7-30(3)8-18-35)36-19-9-31(4)10-20-36/h7-27H,5-6,28-29H2,1-4H3. The van der Waals surface area contributed by atoms with E-state index in [9.17, 15) is 9.59 Å². The van der Waals surface area contributed by atoms with Gasteiger partial charge in [0, 0.05) is 17.1 Å². The van der Waals surface area contributed by atoms with Gasteiger partial charge in [0.15, 0.2) is 0 Å². The molecule has 0 aliphatic rings. The fraction of sp³-hybridized carbons (Fsp3) is 0.190. The molecule has 5 aromatic carbocycles. The molecule has 0 atom stereocenters. The Labute approximate surface area is 288 Å². The molecule has 250 valence electrons. The van der Waals surface area contributed by atoms with Gasteiger partial charge in [0.05, 0.1) is 13.2 Å². The lowest BCUT2D eigenvalue weighted by atomic mass is 9.94. The van der Waals surface area contributed by atoms with Crippen LogP contribution in [0.1, 0.15) is 52.8 Å². The van der Waals surface area contributed by atoms with Crippen LogP contribution in [0.4, 0.5) is 26.7 Å². The van der Waals surface area contributed by atoms with Gasteiger partial charge in [-0.25, -0.2) is 9.59 Å². The van der Waals surface area contributed by atoms with E-state index in [0.29, 0.717) is 0 Å². The summed E-state index contributed by atoms with van der Waals surface area (Å²) >= 11 is 0. The molecule has 0 radical (unpaired) electrons. The average molecular weight is 656 g/mol. The van der Waals surface area contributed by atoms with Crippen LogP contribution in [0.5, 0.6) is 0 Å². The lowest BCUT2D eigenvalue weighted by Gasteiger charge is -2.26. The Kier molecular flexibility index (Phi) is 11.9. The van der Waals surface area contributed by atoms with Gasteiger partial charge in [0.25, 0.3) is 0 Å². The first-order valence-corrected chi connectivity index (χ1v) is 16.4. The van der Waals surface area contributed by atoms with Crippen molar-refractivity contribution in [1.29, 1.82) is 0 Å². The molecule has 0 saturated heterocycles. The topological polar surface area (TPSA) is 74.3 Å². The van der Waals surface area contributed by atoms with Crippen molar-refractivity contribution in [1.82, 2.24) is 0 Å². The molecule has 0 heterocycles. The van der Waals surface area contributed by atoms with Crippen molar-refractivity contribution < 1.29 is 28.5 Å². The van der Waals surface area contributed by atoms with E-state index in [1.165, 1.54) is 11.1 Å². The smallest absolute Gasteiger partial charge is 0.435 e. The molecule has 0 N–H and O–H groups in total. The molecule has 0 fully saturated rings. The summed E-state index contributed by atoms with van der Waals surface area (Å²) in [6, 6.07) is 41.3. The lowest BCUT2D eigenvalue weighted by molar-refractivity contribution is 0.0527. The first-order chi connectivity index (χ1) is 23.8.